The molecule has 4 aromatic rings. The van der Waals surface area contributed by atoms with Gasteiger partial charge in [-0.3, -0.25) is 9.59 Å². The molecule has 0 aromatic heterocycles. The average Bonchev–Trinajstić information content (AvgIpc) is 2.91. The van der Waals surface area contributed by atoms with Crippen LogP contribution in [0.15, 0.2) is 97.1 Å². The first kappa shape index (κ1) is 27.4. The van der Waals surface area contributed by atoms with E-state index in [9.17, 15) is 27.2 Å². The second kappa shape index (κ2) is 12.3. The zero-order valence-electron chi connectivity index (χ0n) is 20.6. The minimum absolute atomic E-state index is 0.0144. The number of halogens is 4. The second-order valence-electron chi connectivity index (χ2n) is 8.67. The summed E-state index contributed by atoms with van der Waals surface area (Å²) in [4.78, 5) is 25.0. The molecular formula is C30H24F4N2O3. The molecule has 0 aliphatic heterocycles. The molecule has 9 heteroatoms. The third-order valence-electron chi connectivity index (χ3n) is 5.72. The number of rotatable bonds is 9. The summed E-state index contributed by atoms with van der Waals surface area (Å²) in [5.41, 5.74) is 1.08. The van der Waals surface area contributed by atoms with Gasteiger partial charge in [0.1, 0.15) is 17.3 Å². The predicted octanol–water partition coefficient (Wildman–Crippen LogP) is 6.99. The maximum Gasteiger partial charge on any atom is 0.416 e. The molecule has 0 aliphatic carbocycles. The SMILES string of the molecule is O=C(CCNC(=O)c1ccc(Cc2ccc(F)cc2)c(Oc2ccccc2)c1)Nc1cccc(C(F)(F)F)c1. The Balaban J connectivity index is 1.40. The summed E-state index contributed by atoms with van der Waals surface area (Å²) in [5, 5.41) is 5.05. The third-order valence-corrected chi connectivity index (χ3v) is 5.72. The summed E-state index contributed by atoms with van der Waals surface area (Å²) >= 11 is 0. The maximum atomic E-state index is 13.3. The summed E-state index contributed by atoms with van der Waals surface area (Å²) < 4.78 is 58.0. The Morgan fingerprint density at radius 3 is 2.28 bits per heavy atom. The van der Waals surface area contributed by atoms with Crippen LogP contribution in [0, 0.1) is 5.82 Å². The van der Waals surface area contributed by atoms with Gasteiger partial charge in [0.25, 0.3) is 5.91 Å². The number of carbonyl (C=O) groups excluding carboxylic acids is 2. The number of hydrogen-bond acceptors (Lipinski definition) is 3. The molecular weight excluding hydrogens is 512 g/mol. The van der Waals surface area contributed by atoms with E-state index < -0.39 is 23.6 Å². The first-order valence-electron chi connectivity index (χ1n) is 12.0. The molecule has 0 unspecified atom stereocenters. The van der Waals surface area contributed by atoms with Gasteiger partial charge in [0, 0.05) is 30.6 Å². The van der Waals surface area contributed by atoms with Gasteiger partial charge in [-0.25, -0.2) is 4.39 Å². The van der Waals surface area contributed by atoms with Crippen molar-refractivity contribution < 1.29 is 31.9 Å². The molecule has 4 rings (SSSR count). The number of anilines is 1. The number of amides is 2. The Morgan fingerprint density at radius 1 is 0.821 bits per heavy atom. The van der Waals surface area contributed by atoms with Crippen molar-refractivity contribution >= 4 is 17.5 Å². The van der Waals surface area contributed by atoms with Crippen LogP contribution in [0.25, 0.3) is 0 Å². The van der Waals surface area contributed by atoms with E-state index in [-0.39, 0.29) is 24.5 Å². The van der Waals surface area contributed by atoms with Crippen molar-refractivity contribution in [2.75, 3.05) is 11.9 Å². The lowest BCUT2D eigenvalue weighted by molar-refractivity contribution is -0.137. The lowest BCUT2D eigenvalue weighted by Crippen LogP contribution is -2.27. The lowest BCUT2D eigenvalue weighted by atomic mass is 10.0. The zero-order valence-corrected chi connectivity index (χ0v) is 20.6. The fourth-order valence-corrected chi connectivity index (χ4v) is 3.76. The minimum Gasteiger partial charge on any atom is -0.457 e. The third kappa shape index (κ3) is 7.91. The van der Waals surface area contributed by atoms with E-state index in [1.54, 1.807) is 42.5 Å². The molecule has 4 aromatic carbocycles. The van der Waals surface area contributed by atoms with Gasteiger partial charge in [-0.15, -0.1) is 0 Å². The smallest absolute Gasteiger partial charge is 0.416 e. The topological polar surface area (TPSA) is 67.4 Å². The quantitative estimate of drug-likeness (QED) is 0.227. The normalized spacial score (nSPS) is 11.1. The molecule has 5 nitrogen and oxygen atoms in total. The molecule has 0 bridgehead atoms. The number of hydrogen-bond donors (Lipinski definition) is 2. The molecule has 2 amide bonds. The summed E-state index contributed by atoms with van der Waals surface area (Å²) in [6.07, 6.45) is -4.22. The van der Waals surface area contributed by atoms with Crippen LogP contribution < -0.4 is 15.4 Å². The summed E-state index contributed by atoms with van der Waals surface area (Å²) in [6, 6.07) is 24.4. The van der Waals surface area contributed by atoms with E-state index in [0.29, 0.717) is 23.5 Å². The van der Waals surface area contributed by atoms with E-state index >= 15 is 0 Å². The molecule has 0 spiro atoms. The largest absolute Gasteiger partial charge is 0.457 e. The second-order valence-corrected chi connectivity index (χ2v) is 8.67. The maximum absolute atomic E-state index is 13.3. The van der Waals surface area contributed by atoms with Crippen LogP contribution in [0.4, 0.5) is 23.2 Å². The predicted molar refractivity (Wildman–Crippen MR) is 139 cm³/mol. The van der Waals surface area contributed by atoms with Crippen molar-refractivity contribution in [1.29, 1.82) is 0 Å². The fourth-order valence-electron chi connectivity index (χ4n) is 3.76. The monoisotopic (exact) mass is 536 g/mol. The Kier molecular flexibility index (Phi) is 8.60. The molecule has 39 heavy (non-hydrogen) atoms. The summed E-state index contributed by atoms with van der Waals surface area (Å²) in [7, 11) is 0. The Hall–Kier alpha value is -4.66. The highest BCUT2D eigenvalue weighted by Crippen LogP contribution is 2.31. The Labute approximate surface area is 222 Å². The van der Waals surface area contributed by atoms with Gasteiger partial charge in [0.05, 0.1) is 5.56 Å². The number of carbonyl (C=O) groups is 2. The molecule has 0 aliphatic rings. The van der Waals surface area contributed by atoms with Crippen LogP contribution in [0.3, 0.4) is 0 Å². The minimum atomic E-state index is -4.52. The first-order valence-corrected chi connectivity index (χ1v) is 12.0. The molecule has 2 N–H and O–H groups in total. The number of ether oxygens (including phenoxy) is 1. The van der Waals surface area contributed by atoms with Gasteiger partial charge in [0.15, 0.2) is 0 Å². The molecule has 200 valence electrons. The van der Waals surface area contributed by atoms with Gasteiger partial charge >= 0.3 is 6.18 Å². The standard InChI is InChI=1S/C30H24F4N2O3/c31-24-13-9-20(10-14-24)17-21-11-12-22(18-27(21)39-26-7-2-1-3-8-26)29(38)35-16-15-28(37)36-25-6-4-5-23(19-25)30(32,33)34/h1-14,18-19H,15-17H2,(H,35,38)(H,36,37). The van der Waals surface area contributed by atoms with E-state index in [2.05, 4.69) is 10.6 Å². The highest BCUT2D eigenvalue weighted by atomic mass is 19.4. The number of alkyl halides is 3. The van der Waals surface area contributed by atoms with Crippen LogP contribution in [0.2, 0.25) is 0 Å². The van der Waals surface area contributed by atoms with Gasteiger partial charge in [0.2, 0.25) is 5.91 Å². The van der Waals surface area contributed by atoms with Crippen molar-refractivity contribution in [3.8, 4) is 11.5 Å². The molecule has 0 saturated carbocycles. The van der Waals surface area contributed by atoms with E-state index in [1.165, 1.54) is 24.3 Å². The van der Waals surface area contributed by atoms with Gasteiger partial charge in [-0.1, -0.05) is 42.5 Å². The zero-order chi connectivity index (χ0) is 27.8. The number of nitrogens with one attached hydrogen (secondary N) is 2. The van der Waals surface area contributed by atoms with E-state index in [0.717, 1.165) is 23.3 Å². The highest BCUT2D eigenvalue weighted by Gasteiger charge is 2.30. The molecule has 0 fully saturated rings. The van der Waals surface area contributed by atoms with Crippen molar-refractivity contribution in [2.45, 2.75) is 19.0 Å². The Morgan fingerprint density at radius 2 is 1.56 bits per heavy atom. The van der Waals surface area contributed by atoms with Crippen LogP contribution >= 0.6 is 0 Å². The summed E-state index contributed by atoms with van der Waals surface area (Å²) in [5.74, 6) is -0.317. The van der Waals surface area contributed by atoms with Crippen LogP contribution in [-0.2, 0) is 17.4 Å². The van der Waals surface area contributed by atoms with Crippen LogP contribution in [0.1, 0.15) is 33.5 Å². The highest BCUT2D eigenvalue weighted by molar-refractivity contribution is 5.95. The number of benzene rings is 4. The van der Waals surface area contributed by atoms with Crippen LogP contribution in [0.5, 0.6) is 11.5 Å². The molecule has 0 heterocycles. The van der Waals surface area contributed by atoms with Crippen molar-refractivity contribution in [3.63, 3.8) is 0 Å². The molecule has 0 radical (unpaired) electrons. The molecule has 0 saturated heterocycles. The lowest BCUT2D eigenvalue weighted by Gasteiger charge is -2.14. The first-order chi connectivity index (χ1) is 18.7. The van der Waals surface area contributed by atoms with E-state index in [4.69, 9.17) is 4.74 Å². The van der Waals surface area contributed by atoms with Crippen molar-refractivity contribution in [1.82, 2.24) is 5.32 Å². The Bertz CT molecular complexity index is 1440. The van der Waals surface area contributed by atoms with Gasteiger partial charge in [-0.05, 0) is 65.7 Å². The average molecular weight is 537 g/mol. The van der Waals surface area contributed by atoms with Crippen LogP contribution in [-0.4, -0.2) is 18.4 Å². The van der Waals surface area contributed by atoms with Crippen molar-refractivity contribution in [2.24, 2.45) is 0 Å². The number of para-hydroxylation sites is 1. The van der Waals surface area contributed by atoms with Crippen molar-refractivity contribution in [3.05, 3.63) is 125 Å². The molecule has 0 atom stereocenters. The van der Waals surface area contributed by atoms with E-state index in [1.807, 2.05) is 18.2 Å². The fraction of sp³-hybridized carbons (Fsp3) is 0.133. The van der Waals surface area contributed by atoms with Gasteiger partial charge in [-0.2, -0.15) is 13.2 Å². The van der Waals surface area contributed by atoms with Gasteiger partial charge < -0.3 is 15.4 Å². The summed E-state index contributed by atoms with van der Waals surface area (Å²) in [6.45, 7) is -0.0319.